The number of hydrogen-bond acceptors (Lipinski definition) is 2. The summed E-state index contributed by atoms with van der Waals surface area (Å²) in [7, 11) is 0. The average Bonchev–Trinajstić information content (AvgIpc) is 3.15. The number of carbonyl (C=O) groups is 2. The van der Waals surface area contributed by atoms with Crippen molar-refractivity contribution in [2.24, 2.45) is 11.8 Å². The van der Waals surface area contributed by atoms with Crippen LogP contribution in [-0.2, 0) is 4.79 Å². The van der Waals surface area contributed by atoms with Crippen LogP contribution in [0.5, 0.6) is 0 Å². The minimum absolute atomic E-state index is 0.0279. The standard InChI is InChI=1S/C13H22N2O3/c16-12(17)8-11(10-5-6-10)15-13(18)14-7-1-2-9-3-4-9/h9-11H,1-8H2,(H,16,17)(H2,14,15,18). The molecule has 102 valence electrons. The summed E-state index contributed by atoms with van der Waals surface area (Å²) in [5, 5.41) is 14.4. The van der Waals surface area contributed by atoms with Gasteiger partial charge in [-0.25, -0.2) is 4.79 Å². The maximum atomic E-state index is 11.6. The van der Waals surface area contributed by atoms with E-state index in [9.17, 15) is 9.59 Å². The number of carboxylic acids is 1. The zero-order valence-corrected chi connectivity index (χ0v) is 10.7. The highest BCUT2D eigenvalue weighted by molar-refractivity contribution is 5.75. The van der Waals surface area contributed by atoms with Crippen LogP contribution < -0.4 is 10.6 Å². The summed E-state index contributed by atoms with van der Waals surface area (Å²) in [4.78, 5) is 22.3. The second-order valence-corrected chi connectivity index (χ2v) is 5.53. The average molecular weight is 254 g/mol. The van der Waals surface area contributed by atoms with E-state index in [1.807, 2.05) is 0 Å². The zero-order chi connectivity index (χ0) is 13.0. The number of rotatable bonds is 8. The lowest BCUT2D eigenvalue weighted by Crippen LogP contribution is -2.44. The zero-order valence-electron chi connectivity index (χ0n) is 10.7. The summed E-state index contributed by atoms with van der Waals surface area (Å²) < 4.78 is 0. The Labute approximate surface area is 107 Å². The van der Waals surface area contributed by atoms with Crippen LogP contribution in [0.2, 0.25) is 0 Å². The lowest BCUT2D eigenvalue weighted by atomic mass is 10.1. The van der Waals surface area contributed by atoms with E-state index < -0.39 is 5.97 Å². The number of carboxylic acid groups (broad SMARTS) is 1. The molecule has 2 rings (SSSR count). The quantitative estimate of drug-likeness (QED) is 0.577. The first-order valence-corrected chi connectivity index (χ1v) is 6.91. The minimum Gasteiger partial charge on any atom is -0.481 e. The highest BCUT2D eigenvalue weighted by Crippen LogP contribution is 2.34. The maximum absolute atomic E-state index is 11.6. The van der Waals surface area contributed by atoms with Crippen LogP contribution in [0.25, 0.3) is 0 Å². The Morgan fingerprint density at radius 2 is 1.94 bits per heavy atom. The molecule has 1 atom stereocenters. The van der Waals surface area contributed by atoms with Gasteiger partial charge >= 0.3 is 12.0 Å². The van der Waals surface area contributed by atoms with Gasteiger partial charge in [0.15, 0.2) is 0 Å². The molecule has 5 nitrogen and oxygen atoms in total. The second-order valence-electron chi connectivity index (χ2n) is 5.53. The first kappa shape index (κ1) is 13.2. The molecule has 18 heavy (non-hydrogen) atoms. The van der Waals surface area contributed by atoms with E-state index >= 15 is 0 Å². The van der Waals surface area contributed by atoms with Gasteiger partial charge in [-0.1, -0.05) is 12.8 Å². The molecular weight excluding hydrogens is 232 g/mol. The van der Waals surface area contributed by atoms with Crippen molar-refractivity contribution in [3.8, 4) is 0 Å². The van der Waals surface area contributed by atoms with E-state index in [1.165, 1.54) is 19.3 Å². The molecule has 2 saturated carbocycles. The fraction of sp³-hybridized carbons (Fsp3) is 0.846. The molecule has 0 spiro atoms. The molecule has 3 N–H and O–H groups in total. The van der Waals surface area contributed by atoms with E-state index in [0.29, 0.717) is 12.5 Å². The molecule has 0 heterocycles. The van der Waals surface area contributed by atoms with Crippen LogP contribution in [-0.4, -0.2) is 29.7 Å². The van der Waals surface area contributed by atoms with Gasteiger partial charge in [-0.3, -0.25) is 4.79 Å². The Morgan fingerprint density at radius 3 is 2.50 bits per heavy atom. The van der Waals surface area contributed by atoms with Crippen LogP contribution in [0, 0.1) is 11.8 Å². The van der Waals surface area contributed by atoms with E-state index in [4.69, 9.17) is 5.11 Å². The topological polar surface area (TPSA) is 78.4 Å². The van der Waals surface area contributed by atoms with Crippen molar-refractivity contribution in [1.29, 1.82) is 0 Å². The molecule has 2 fully saturated rings. The molecule has 2 aliphatic rings. The number of nitrogens with one attached hydrogen (secondary N) is 2. The van der Waals surface area contributed by atoms with Gasteiger partial charge in [-0.15, -0.1) is 0 Å². The molecule has 0 bridgehead atoms. The van der Waals surface area contributed by atoms with Crippen LogP contribution in [0.1, 0.15) is 44.9 Å². The molecule has 0 saturated heterocycles. The Balaban J connectivity index is 1.59. The molecule has 1 unspecified atom stereocenters. The summed E-state index contributed by atoms with van der Waals surface area (Å²) in [6.07, 6.45) is 6.98. The first-order chi connectivity index (χ1) is 8.65. The molecule has 0 aromatic carbocycles. The van der Waals surface area contributed by atoms with Crippen molar-refractivity contribution in [1.82, 2.24) is 10.6 Å². The third-order valence-corrected chi connectivity index (χ3v) is 3.67. The number of hydrogen-bond donors (Lipinski definition) is 3. The number of amides is 2. The van der Waals surface area contributed by atoms with E-state index in [-0.39, 0.29) is 18.5 Å². The molecule has 2 aliphatic carbocycles. The molecule has 2 amide bonds. The molecule has 0 aromatic rings. The van der Waals surface area contributed by atoms with Crippen molar-refractivity contribution in [3.05, 3.63) is 0 Å². The summed E-state index contributed by atoms with van der Waals surface area (Å²) in [6, 6.07) is -0.421. The van der Waals surface area contributed by atoms with Crippen molar-refractivity contribution in [3.63, 3.8) is 0 Å². The summed E-state index contributed by atoms with van der Waals surface area (Å²) in [6.45, 7) is 0.687. The molecule has 0 aromatic heterocycles. The predicted molar refractivity (Wildman–Crippen MR) is 67.3 cm³/mol. The number of urea groups is 1. The maximum Gasteiger partial charge on any atom is 0.315 e. The van der Waals surface area contributed by atoms with Crippen molar-refractivity contribution < 1.29 is 14.7 Å². The predicted octanol–water partition coefficient (Wildman–Crippen LogP) is 1.73. The van der Waals surface area contributed by atoms with Crippen molar-refractivity contribution in [2.75, 3.05) is 6.54 Å². The van der Waals surface area contributed by atoms with E-state index in [2.05, 4.69) is 10.6 Å². The Morgan fingerprint density at radius 1 is 1.22 bits per heavy atom. The second kappa shape index (κ2) is 6.07. The third kappa shape index (κ3) is 4.94. The van der Waals surface area contributed by atoms with Crippen LogP contribution in [0.3, 0.4) is 0 Å². The Bertz CT molecular complexity index is 311. The SMILES string of the molecule is O=C(O)CC(NC(=O)NCCCC1CC1)C1CC1. The summed E-state index contributed by atoms with van der Waals surface area (Å²) >= 11 is 0. The van der Waals surface area contributed by atoms with E-state index in [0.717, 1.165) is 25.2 Å². The highest BCUT2D eigenvalue weighted by atomic mass is 16.4. The summed E-state index contributed by atoms with van der Waals surface area (Å²) in [5.74, 6) is 0.403. The molecule has 0 aliphatic heterocycles. The van der Waals surface area contributed by atoms with Gasteiger partial charge in [0.1, 0.15) is 0 Å². The van der Waals surface area contributed by atoms with Crippen LogP contribution in [0.4, 0.5) is 4.79 Å². The fourth-order valence-corrected chi connectivity index (χ4v) is 2.24. The van der Waals surface area contributed by atoms with Gasteiger partial charge in [0.05, 0.1) is 6.42 Å². The smallest absolute Gasteiger partial charge is 0.315 e. The van der Waals surface area contributed by atoms with Crippen LogP contribution >= 0.6 is 0 Å². The monoisotopic (exact) mass is 254 g/mol. The third-order valence-electron chi connectivity index (χ3n) is 3.67. The Hall–Kier alpha value is -1.26. The largest absolute Gasteiger partial charge is 0.481 e. The van der Waals surface area contributed by atoms with Gasteiger partial charge in [-0.05, 0) is 37.5 Å². The normalized spacial score (nSPS) is 20.2. The van der Waals surface area contributed by atoms with Crippen molar-refractivity contribution >= 4 is 12.0 Å². The fourth-order valence-electron chi connectivity index (χ4n) is 2.24. The van der Waals surface area contributed by atoms with Gasteiger partial charge in [0.25, 0.3) is 0 Å². The lowest BCUT2D eigenvalue weighted by molar-refractivity contribution is -0.137. The number of carbonyl (C=O) groups excluding carboxylic acids is 1. The number of aliphatic carboxylic acids is 1. The molecule has 0 radical (unpaired) electrons. The van der Waals surface area contributed by atoms with Gasteiger partial charge in [0, 0.05) is 12.6 Å². The minimum atomic E-state index is -0.846. The van der Waals surface area contributed by atoms with Gasteiger partial charge in [-0.2, -0.15) is 0 Å². The lowest BCUT2D eigenvalue weighted by Gasteiger charge is -2.16. The first-order valence-electron chi connectivity index (χ1n) is 6.91. The van der Waals surface area contributed by atoms with Crippen LogP contribution in [0.15, 0.2) is 0 Å². The van der Waals surface area contributed by atoms with Gasteiger partial charge in [0.2, 0.25) is 0 Å². The van der Waals surface area contributed by atoms with E-state index in [1.54, 1.807) is 0 Å². The van der Waals surface area contributed by atoms with Gasteiger partial charge < -0.3 is 15.7 Å². The highest BCUT2D eigenvalue weighted by Gasteiger charge is 2.33. The Kier molecular flexibility index (Phi) is 4.44. The van der Waals surface area contributed by atoms with Crippen molar-refractivity contribution in [2.45, 2.75) is 51.0 Å². The molecule has 5 heteroatoms. The summed E-state index contributed by atoms with van der Waals surface area (Å²) in [5.41, 5.74) is 0. The molecular formula is C13H22N2O3.